The van der Waals surface area contributed by atoms with Crippen LogP contribution in [0.1, 0.15) is 18.0 Å². The number of benzene rings is 1. The zero-order valence-electron chi connectivity index (χ0n) is 13.7. The molecule has 0 saturated heterocycles. The molecule has 0 aliphatic carbocycles. The molecule has 3 heterocycles. The van der Waals surface area contributed by atoms with Gasteiger partial charge in [0.15, 0.2) is 5.82 Å². The van der Waals surface area contributed by atoms with Crippen LogP contribution >= 0.6 is 11.6 Å². The Bertz CT molecular complexity index is 929. The van der Waals surface area contributed by atoms with Gasteiger partial charge < -0.3 is 15.0 Å². The van der Waals surface area contributed by atoms with Crippen molar-refractivity contribution in [3.63, 3.8) is 0 Å². The summed E-state index contributed by atoms with van der Waals surface area (Å²) in [6.45, 7) is 0.494. The summed E-state index contributed by atoms with van der Waals surface area (Å²) in [5, 5.41) is 6.26. The summed E-state index contributed by atoms with van der Waals surface area (Å²) < 4.78 is 5.61. The molecule has 3 N–H and O–H groups in total. The van der Waals surface area contributed by atoms with E-state index < -0.39 is 0 Å². The molecule has 2 aromatic heterocycles. The summed E-state index contributed by atoms with van der Waals surface area (Å²) in [5.41, 5.74) is 1.52. The number of rotatable bonds is 3. The Balaban J connectivity index is 1.47. The summed E-state index contributed by atoms with van der Waals surface area (Å²) in [4.78, 5) is 24.0. The number of imidazole rings is 1. The van der Waals surface area contributed by atoms with E-state index >= 15 is 0 Å². The van der Waals surface area contributed by atoms with Crippen LogP contribution in [0.25, 0.3) is 11.5 Å². The Hall–Kier alpha value is -3.06. The molecule has 0 unspecified atom stereocenters. The maximum absolute atomic E-state index is 12.4. The fraction of sp³-hybridized carbons (Fsp3) is 0.167. The standard InChI is InChI=1S/C18H16ClN5O2/c19-12-4-1-3-11-13(7-10-26-16(11)12)23-18(25)24-15-6-2-5-14(22-15)17-20-8-9-21-17/h1-6,8-9,13H,7,10H2,(H,20,21)(H2,22,23,24,25)/t13-/m0/s1. The first kappa shape index (κ1) is 16.4. The van der Waals surface area contributed by atoms with Gasteiger partial charge >= 0.3 is 6.03 Å². The highest BCUT2D eigenvalue weighted by Gasteiger charge is 2.24. The van der Waals surface area contributed by atoms with Crippen LogP contribution in [0, 0.1) is 0 Å². The number of nitrogens with zero attached hydrogens (tertiary/aromatic N) is 2. The number of ether oxygens (including phenoxy) is 1. The van der Waals surface area contributed by atoms with E-state index in [-0.39, 0.29) is 12.1 Å². The van der Waals surface area contributed by atoms with Crippen molar-refractivity contribution in [2.45, 2.75) is 12.5 Å². The normalized spacial score (nSPS) is 15.7. The Kier molecular flexibility index (Phi) is 4.45. The zero-order valence-corrected chi connectivity index (χ0v) is 14.5. The van der Waals surface area contributed by atoms with Gasteiger partial charge in [0.2, 0.25) is 0 Å². The van der Waals surface area contributed by atoms with Crippen LogP contribution in [0.3, 0.4) is 0 Å². The number of urea groups is 1. The number of halogens is 1. The predicted molar refractivity (Wildman–Crippen MR) is 98.3 cm³/mol. The van der Waals surface area contributed by atoms with Crippen LogP contribution in [-0.4, -0.2) is 27.6 Å². The number of H-pyrrole nitrogens is 1. The zero-order chi connectivity index (χ0) is 17.9. The molecule has 8 heteroatoms. The summed E-state index contributed by atoms with van der Waals surface area (Å²) in [7, 11) is 0. The van der Waals surface area contributed by atoms with Crippen molar-refractivity contribution in [3.8, 4) is 17.3 Å². The predicted octanol–water partition coefficient (Wildman–Crippen LogP) is 3.77. The van der Waals surface area contributed by atoms with Crippen molar-refractivity contribution in [3.05, 3.63) is 59.4 Å². The maximum atomic E-state index is 12.4. The summed E-state index contributed by atoms with van der Waals surface area (Å²) in [6.07, 6.45) is 4.04. The van der Waals surface area contributed by atoms with E-state index in [4.69, 9.17) is 16.3 Å². The van der Waals surface area contributed by atoms with Crippen molar-refractivity contribution in [1.82, 2.24) is 20.3 Å². The van der Waals surface area contributed by atoms with Gasteiger partial charge in [0, 0.05) is 24.4 Å². The number of hydrogen-bond donors (Lipinski definition) is 3. The average molecular weight is 370 g/mol. The molecule has 0 saturated carbocycles. The highest BCUT2D eigenvalue weighted by Crippen LogP contribution is 2.37. The number of fused-ring (bicyclic) bond motifs is 1. The smallest absolute Gasteiger partial charge is 0.320 e. The number of pyridine rings is 1. The Morgan fingerprint density at radius 3 is 3.00 bits per heavy atom. The van der Waals surface area contributed by atoms with Crippen molar-refractivity contribution < 1.29 is 9.53 Å². The molecule has 0 radical (unpaired) electrons. The third-order valence-electron chi connectivity index (χ3n) is 4.06. The van der Waals surface area contributed by atoms with Gasteiger partial charge in [0.05, 0.1) is 17.7 Å². The number of aromatic nitrogens is 3. The SMILES string of the molecule is O=C(Nc1cccc(-c2ncc[nH]2)n1)N[C@H]1CCOc2c(Cl)cccc21. The molecular formula is C18H16ClN5O2. The average Bonchev–Trinajstić information content (AvgIpc) is 3.18. The highest BCUT2D eigenvalue weighted by atomic mass is 35.5. The fourth-order valence-electron chi connectivity index (χ4n) is 2.89. The van der Waals surface area contributed by atoms with E-state index in [0.717, 1.165) is 5.56 Å². The molecule has 0 fully saturated rings. The molecule has 1 atom stereocenters. The molecule has 26 heavy (non-hydrogen) atoms. The quantitative estimate of drug-likeness (QED) is 0.655. The van der Waals surface area contributed by atoms with Crippen LogP contribution in [0.2, 0.25) is 5.02 Å². The van der Waals surface area contributed by atoms with Gasteiger partial charge in [0.25, 0.3) is 0 Å². The lowest BCUT2D eigenvalue weighted by Gasteiger charge is -2.27. The molecule has 3 aromatic rings. The summed E-state index contributed by atoms with van der Waals surface area (Å²) >= 11 is 6.17. The van der Waals surface area contributed by atoms with E-state index in [0.29, 0.717) is 41.1 Å². The third kappa shape index (κ3) is 3.34. The largest absolute Gasteiger partial charge is 0.492 e. The van der Waals surface area contributed by atoms with Gasteiger partial charge in [-0.1, -0.05) is 29.8 Å². The van der Waals surface area contributed by atoms with Crippen molar-refractivity contribution in [2.24, 2.45) is 0 Å². The van der Waals surface area contributed by atoms with Gasteiger partial charge in [-0.25, -0.2) is 14.8 Å². The minimum atomic E-state index is -0.341. The van der Waals surface area contributed by atoms with Crippen LogP contribution < -0.4 is 15.4 Å². The monoisotopic (exact) mass is 369 g/mol. The van der Waals surface area contributed by atoms with Crippen LogP contribution in [0.4, 0.5) is 10.6 Å². The number of hydrogen-bond acceptors (Lipinski definition) is 4. The Morgan fingerprint density at radius 1 is 1.27 bits per heavy atom. The molecular weight excluding hydrogens is 354 g/mol. The Labute approximate surface area is 154 Å². The molecule has 2 amide bonds. The number of amides is 2. The number of nitrogens with one attached hydrogen (secondary N) is 3. The minimum Gasteiger partial charge on any atom is -0.492 e. The third-order valence-corrected chi connectivity index (χ3v) is 4.36. The van der Waals surface area contributed by atoms with Gasteiger partial charge in [-0.2, -0.15) is 0 Å². The molecule has 1 aromatic carbocycles. The number of carbonyl (C=O) groups excluding carboxylic acids is 1. The molecule has 7 nitrogen and oxygen atoms in total. The molecule has 0 spiro atoms. The van der Waals surface area contributed by atoms with Crippen LogP contribution in [0.5, 0.6) is 5.75 Å². The van der Waals surface area contributed by atoms with Crippen LogP contribution in [-0.2, 0) is 0 Å². The van der Waals surface area contributed by atoms with Gasteiger partial charge in [-0.3, -0.25) is 5.32 Å². The van der Waals surface area contributed by atoms with E-state index in [9.17, 15) is 4.79 Å². The Morgan fingerprint density at radius 2 is 2.15 bits per heavy atom. The van der Waals surface area contributed by atoms with Crippen molar-refractivity contribution in [2.75, 3.05) is 11.9 Å². The lowest BCUT2D eigenvalue weighted by Crippen LogP contribution is -2.35. The van der Waals surface area contributed by atoms with E-state index in [1.807, 2.05) is 24.3 Å². The number of anilines is 1. The molecule has 132 valence electrons. The molecule has 1 aliphatic heterocycles. The maximum Gasteiger partial charge on any atom is 0.320 e. The molecule has 0 bridgehead atoms. The highest BCUT2D eigenvalue weighted by molar-refractivity contribution is 6.32. The topological polar surface area (TPSA) is 91.9 Å². The number of para-hydroxylation sites is 1. The summed E-state index contributed by atoms with van der Waals surface area (Å²) in [5.74, 6) is 1.71. The van der Waals surface area contributed by atoms with Gasteiger partial charge in [-0.15, -0.1) is 0 Å². The first-order valence-electron chi connectivity index (χ1n) is 8.16. The lowest BCUT2D eigenvalue weighted by molar-refractivity contribution is 0.232. The van der Waals surface area contributed by atoms with E-state index in [1.165, 1.54) is 0 Å². The minimum absolute atomic E-state index is 0.175. The van der Waals surface area contributed by atoms with Crippen molar-refractivity contribution in [1.29, 1.82) is 0 Å². The fourth-order valence-corrected chi connectivity index (χ4v) is 3.13. The molecule has 4 rings (SSSR count). The lowest BCUT2D eigenvalue weighted by atomic mass is 10.0. The second-order valence-corrected chi connectivity index (χ2v) is 6.20. The van der Waals surface area contributed by atoms with E-state index in [1.54, 1.807) is 24.5 Å². The first-order chi connectivity index (χ1) is 12.7. The summed E-state index contributed by atoms with van der Waals surface area (Å²) in [6, 6.07) is 10.4. The first-order valence-corrected chi connectivity index (χ1v) is 8.54. The number of carbonyl (C=O) groups is 1. The van der Waals surface area contributed by atoms with Crippen molar-refractivity contribution >= 4 is 23.4 Å². The second-order valence-electron chi connectivity index (χ2n) is 5.79. The van der Waals surface area contributed by atoms with Gasteiger partial charge in [-0.05, 0) is 18.2 Å². The number of aromatic amines is 1. The molecule has 1 aliphatic rings. The second kappa shape index (κ2) is 7.05. The van der Waals surface area contributed by atoms with Gasteiger partial charge in [0.1, 0.15) is 17.3 Å². The van der Waals surface area contributed by atoms with E-state index in [2.05, 4.69) is 25.6 Å². The van der Waals surface area contributed by atoms with Crippen LogP contribution in [0.15, 0.2) is 48.8 Å².